The SMILES string of the molecule is CC(=O)Nc1ccc(C(=O)Nc2ccnn2Cc2ccc(C(C)(C)C)cc2)cc1. The Morgan fingerprint density at radius 1 is 0.931 bits per heavy atom. The van der Waals surface area contributed by atoms with Crippen LogP contribution in [0.5, 0.6) is 0 Å². The summed E-state index contributed by atoms with van der Waals surface area (Å²) in [5.41, 5.74) is 3.65. The zero-order chi connectivity index (χ0) is 21.0. The molecule has 1 heterocycles. The molecule has 0 aliphatic carbocycles. The highest BCUT2D eigenvalue weighted by Crippen LogP contribution is 2.22. The molecule has 3 aromatic rings. The Morgan fingerprint density at radius 2 is 1.59 bits per heavy atom. The van der Waals surface area contributed by atoms with Gasteiger partial charge in [-0.2, -0.15) is 5.10 Å². The quantitative estimate of drug-likeness (QED) is 0.676. The molecule has 0 aliphatic rings. The highest BCUT2D eigenvalue weighted by atomic mass is 16.2. The average molecular weight is 390 g/mol. The maximum Gasteiger partial charge on any atom is 0.256 e. The van der Waals surface area contributed by atoms with Crippen LogP contribution < -0.4 is 10.6 Å². The number of carbonyl (C=O) groups excluding carboxylic acids is 2. The number of nitrogens with zero attached hydrogens (tertiary/aromatic N) is 2. The van der Waals surface area contributed by atoms with Crippen LogP contribution >= 0.6 is 0 Å². The van der Waals surface area contributed by atoms with Crippen molar-refractivity contribution in [3.63, 3.8) is 0 Å². The minimum absolute atomic E-state index is 0.110. The van der Waals surface area contributed by atoms with Crippen LogP contribution in [0, 0.1) is 0 Å². The second-order valence-corrected chi connectivity index (χ2v) is 8.03. The van der Waals surface area contributed by atoms with Gasteiger partial charge in [0.25, 0.3) is 5.91 Å². The molecule has 150 valence electrons. The molecule has 0 saturated heterocycles. The Hall–Kier alpha value is -3.41. The summed E-state index contributed by atoms with van der Waals surface area (Å²) in [5, 5.41) is 9.91. The molecule has 0 spiro atoms. The van der Waals surface area contributed by atoms with Crippen LogP contribution in [-0.2, 0) is 16.8 Å². The van der Waals surface area contributed by atoms with Crippen LogP contribution in [0.1, 0.15) is 49.2 Å². The topological polar surface area (TPSA) is 76.0 Å². The smallest absolute Gasteiger partial charge is 0.256 e. The summed E-state index contributed by atoms with van der Waals surface area (Å²) >= 11 is 0. The van der Waals surface area contributed by atoms with E-state index in [9.17, 15) is 9.59 Å². The second-order valence-electron chi connectivity index (χ2n) is 8.03. The van der Waals surface area contributed by atoms with Gasteiger partial charge in [0, 0.05) is 24.2 Å². The van der Waals surface area contributed by atoms with E-state index in [-0.39, 0.29) is 17.2 Å². The van der Waals surface area contributed by atoms with Crippen molar-refractivity contribution in [1.29, 1.82) is 0 Å². The van der Waals surface area contributed by atoms with Gasteiger partial charge in [-0.3, -0.25) is 9.59 Å². The maximum absolute atomic E-state index is 12.6. The third kappa shape index (κ3) is 5.31. The third-order valence-electron chi connectivity index (χ3n) is 4.58. The van der Waals surface area contributed by atoms with Crippen molar-refractivity contribution in [2.24, 2.45) is 0 Å². The lowest BCUT2D eigenvalue weighted by Crippen LogP contribution is -2.16. The fraction of sp³-hybridized carbons (Fsp3) is 0.261. The van der Waals surface area contributed by atoms with Crippen molar-refractivity contribution < 1.29 is 9.59 Å². The number of hydrogen-bond acceptors (Lipinski definition) is 3. The highest BCUT2D eigenvalue weighted by molar-refractivity contribution is 6.04. The lowest BCUT2D eigenvalue weighted by Gasteiger charge is -2.19. The van der Waals surface area contributed by atoms with E-state index < -0.39 is 0 Å². The summed E-state index contributed by atoms with van der Waals surface area (Å²) in [7, 11) is 0. The van der Waals surface area contributed by atoms with Crippen molar-refractivity contribution in [3.8, 4) is 0 Å². The van der Waals surface area contributed by atoms with Gasteiger partial charge in [0.2, 0.25) is 5.91 Å². The van der Waals surface area contributed by atoms with Gasteiger partial charge in [0.15, 0.2) is 0 Å². The first-order valence-electron chi connectivity index (χ1n) is 9.52. The maximum atomic E-state index is 12.6. The molecule has 3 rings (SSSR count). The predicted molar refractivity (Wildman–Crippen MR) is 115 cm³/mol. The molecule has 29 heavy (non-hydrogen) atoms. The summed E-state index contributed by atoms with van der Waals surface area (Å²) in [5.74, 6) is 0.242. The van der Waals surface area contributed by atoms with Crippen LogP contribution in [0.25, 0.3) is 0 Å². The molecule has 2 amide bonds. The van der Waals surface area contributed by atoms with Crippen molar-refractivity contribution >= 4 is 23.3 Å². The fourth-order valence-corrected chi connectivity index (χ4v) is 2.94. The Bertz CT molecular complexity index is 997. The molecule has 6 heteroatoms. The van der Waals surface area contributed by atoms with Gasteiger partial charge in [-0.25, -0.2) is 4.68 Å². The van der Waals surface area contributed by atoms with E-state index in [2.05, 4.69) is 60.8 Å². The summed E-state index contributed by atoms with van der Waals surface area (Å²) in [6, 6.07) is 17.0. The highest BCUT2D eigenvalue weighted by Gasteiger charge is 2.14. The molecule has 1 aromatic heterocycles. The Kier molecular flexibility index (Phi) is 5.82. The number of carbonyl (C=O) groups is 2. The number of amides is 2. The summed E-state index contributed by atoms with van der Waals surface area (Å²) in [6.07, 6.45) is 1.67. The van der Waals surface area contributed by atoms with Crippen molar-refractivity contribution in [2.75, 3.05) is 10.6 Å². The number of hydrogen-bond donors (Lipinski definition) is 2. The van der Waals surface area contributed by atoms with E-state index in [1.807, 2.05) is 0 Å². The Labute approximate surface area is 170 Å². The Morgan fingerprint density at radius 3 is 2.17 bits per heavy atom. The molecule has 0 saturated carbocycles. The molecule has 0 unspecified atom stereocenters. The van der Waals surface area contributed by atoms with E-state index in [0.717, 1.165) is 5.56 Å². The Balaban J connectivity index is 1.68. The molecule has 6 nitrogen and oxygen atoms in total. The molecule has 2 aromatic carbocycles. The van der Waals surface area contributed by atoms with E-state index in [0.29, 0.717) is 23.6 Å². The van der Waals surface area contributed by atoms with E-state index in [1.54, 1.807) is 41.2 Å². The zero-order valence-corrected chi connectivity index (χ0v) is 17.2. The minimum Gasteiger partial charge on any atom is -0.326 e. The second kappa shape index (κ2) is 8.31. The van der Waals surface area contributed by atoms with Crippen molar-refractivity contribution in [1.82, 2.24) is 9.78 Å². The average Bonchev–Trinajstić information content (AvgIpc) is 3.08. The van der Waals surface area contributed by atoms with Crippen LogP contribution in [0.3, 0.4) is 0 Å². The molecule has 2 N–H and O–H groups in total. The summed E-state index contributed by atoms with van der Waals surface area (Å²) in [6.45, 7) is 8.57. The van der Waals surface area contributed by atoms with Gasteiger partial charge in [-0.05, 0) is 40.8 Å². The molecule has 0 radical (unpaired) electrons. The van der Waals surface area contributed by atoms with Gasteiger partial charge < -0.3 is 10.6 Å². The zero-order valence-electron chi connectivity index (χ0n) is 17.2. The monoisotopic (exact) mass is 390 g/mol. The van der Waals surface area contributed by atoms with E-state index >= 15 is 0 Å². The number of aromatic nitrogens is 2. The van der Waals surface area contributed by atoms with Crippen molar-refractivity contribution in [3.05, 3.63) is 77.5 Å². The number of benzene rings is 2. The van der Waals surface area contributed by atoms with Crippen LogP contribution in [0.2, 0.25) is 0 Å². The first-order valence-corrected chi connectivity index (χ1v) is 9.52. The van der Waals surface area contributed by atoms with Crippen LogP contribution in [0.15, 0.2) is 60.8 Å². The van der Waals surface area contributed by atoms with E-state index in [1.165, 1.54) is 12.5 Å². The normalized spacial score (nSPS) is 11.2. The van der Waals surface area contributed by atoms with Gasteiger partial charge in [-0.1, -0.05) is 45.0 Å². The third-order valence-corrected chi connectivity index (χ3v) is 4.58. The standard InChI is InChI=1S/C23H26N4O2/c1-16(28)25-20-11-7-18(8-12-20)22(29)26-21-13-14-24-27(21)15-17-5-9-19(10-6-17)23(2,3)4/h5-14H,15H2,1-4H3,(H,25,28)(H,26,29). The van der Waals surface area contributed by atoms with Gasteiger partial charge >= 0.3 is 0 Å². The summed E-state index contributed by atoms with van der Waals surface area (Å²) < 4.78 is 1.76. The number of anilines is 2. The molecule has 0 aliphatic heterocycles. The lowest BCUT2D eigenvalue weighted by molar-refractivity contribution is -0.114. The molecule has 0 atom stereocenters. The largest absolute Gasteiger partial charge is 0.326 e. The molecule has 0 bridgehead atoms. The molecular weight excluding hydrogens is 364 g/mol. The predicted octanol–water partition coefficient (Wildman–Crippen LogP) is 4.44. The van der Waals surface area contributed by atoms with Crippen LogP contribution in [0.4, 0.5) is 11.5 Å². The van der Waals surface area contributed by atoms with E-state index in [4.69, 9.17) is 0 Å². The first-order chi connectivity index (χ1) is 13.7. The first kappa shape index (κ1) is 20.3. The fourth-order valence-electron chi connectivity index (χ4n) is 2.94. The lowest BCUT2D eigenvalue weighted by atomic mass is 9.87. The summed E-state index contributed by atoms with van der Waals surface area (Å²) in [4.78, 5) is 23.7. The van der Waals surface area contributed by atoms with Crippen LogP contribution in [-0.4, -0.2) is 21.6 Å². The van der Waals surface area contributed by atoms with Crippen molar-refractivity contribution in [2.45, 2.75) is 39.7 Å². The molecular formula is C23H26N4O2. The number of rotatable bonds is 5. The van der Waals surface area contributed by atoms with Gasteiger partial charge in [0.1, 0.15) is 5.82 Å². The molecule has 0 fully saturated rings. The van der Waals surface area contributed by atoms with Gasteiger partial charge in [-0.15, -0.1) is 0 Å². The number of nitrogens with one attached hydrogen (secondary N) is 2. The minimum atomic E-state index is -0.232. The van der Waals surface area contributed by atoms with Gasteiger partial charge in [0.05, 0.1) is 12.7 Å².